The van der Waals surface area contributed by atoms with Crippen molar-refractivity contribution in [1.82, 2.24) is 5.32 Å². The highest BCUT2D eigenvalue weighted by molar-refractivity contribution is 5.93. The lowest BCUT2D eigenvalue weighted by molar-refractivity contribution is 0.0191. The molecular formula is C12H15NO6. The van der Waals surface area contributed by atoms with Crippen LogP contribution in [0.1, 0.15) is 32.4 Å². The third kappa shape index (κ3) is 3.50. The van der Waals surface area contributed by atoms with E-state index >= 15 is 0 Å². The van der Waals surface area contributed by atoms with Gasteiger partial charge in [-0.15, -0.1) is 0 Å². The number of rotatable bonds is 6. The topological polar surface area (TPSA) is 127 Å². The minimum atomic E-state index is -1.49. The second-order valence-electron chi connectivity index (χ2n) is 3.98. The Morgan fingerprint density at radius 3 is 2.32 bits per heavy atom. The number of nitrogens with one attached hydrogen (secondary N) is 1. The number of aliphatic hydroxyl groups excluding tert-OH is 2. The van der Waals surface area contributed by atoms with Crippen LogP contribution in [0.4, 0.5) is 0 Å². The highest BCUT2D eigenvalue weighted by atomic mass is 16.4. The van der Waals surface area contributed by atoms with Crippen LogP contribution in [0.2, 0.25) is 0 Å². The number of carbonyl (C=O) groups is 2. The number of likely N-dealkylation sites (N-methyl/N-ethyl adjacent to an activating group) is 1. The standard InChI is InChI=1S/C12H15NO6/c1-13-5-9(14)10(15)8-4-6(11(16)17)2-3-7(8)12(18)19/h2-4,9-10,13-15H,5H2,1H3,(H,16,17)(H,18,19). The lowest BCUT2D eigenvalue weighted by Crippen LogP contribution is -2.30. The fraction of sp³-hybridized carbons (Fsp3) is 0.333. The van der Waals surface area contributed by atoms with Crippen molar-refractivity contribution in [2.24, 2.45) is 0 Å². The van der Waals surface area contributed by atoms with E-state index in [1.165, 1.54) is 0 Å². The first-order valence-corrected chi connectivity index (χ1v) is 5.49. The quantitative estimate of drug-likeness (QED) is 0.479. The normalized spacial score (nSPS) is 13.8. The van der Waals surface area contributed by atoms with Crippen molar-refractivity contribution in [3.8, 4) is 0 Å². The van der Waals surface area contributed by atoms with Crippen molar-refractivity contribution in [2.45, 2.75) is 12.2 Å². The van der Waals surface area contributed by atoms with E-state index in [0.29, 0.717) is 0 Å². The predicted octanol–water partition coefficient (Wildman–Crippen LogP) is -0.303. The second-order valence-corrected chi connectivity index (χ2v) is 3.98. The van der Waals surface area contributed by atoms with E-state index in [2.05, 4.69) is 5.32 Å². The molecule has 0 aliphatic carbocycles. The van der Waals surface area contributed by atoms with Gasteiger partial charge in [0.15, 0.2) is 0 Å². The molecule has 0 aliphatic rings. The average molecular weight is 269 g/mol. The van der Waals surface area contributed by atoms with Crippen molar-refractivity contribution in [3.63, 3.8) is 0 Å². The summed E-state index contributed by atoms with van der Waals surface area (Å²) in [7, 11) is 1.56. The predicted molar refractivity (Wildman–Crippen MR) is 65.3 cm³/mol. The van der Waals surface area contributed by atoms with Gasteiger partial charge in [-0.05, 0) is 30.8 Å². The Morgan fingerprint density at radius 2 is 1.84 bits per heavy atom. The number of carboxylic acids is 2. The Kier molecular flexibility index (Phi) is 4.99. The first-order valence-electron chi connectivity index (χ1n) is 5.49. The lowest BCUT2D eigenvalue weighted by Gasteiger charge is -2.19. The summed E-state index contributed by atoms with van der Waals surface area (Å²) >= 11 is 0. The van der Waals surface area contributed by atoms with Gasteiger partial charge in [-0.1, -0.05) is 0 Å². The smallest absolute Gasteiger partial charge is 0.336 e. The van der Waals surface area contributed by atoms with Crippen LogP contribution in [-0.4, -0.2) is 52.1 Å². The van der Waals surface area contributed by atoms with Gasteiger partial charge >= 0.3 is 11.9 Å². The highest BCUT2D eigenvalue weighted by Gasteiger charge is 2.24. The Labute approximate surface area is 109 Å². The molecule has 7 nitrogen and oxygen atoms in total. The van der Waals surface area contributed by atoms with Crippen LogP contribution in [0.25, 0.3) is 0 Å². The molecule has 104 valence electrons. The Balaban J connectivity index is 3.24. The molecule has 2 unspecified atom stereocenters. The van der Waals surface area contributed by atoms with Crippen LogP contribution in [-0.2, 0) is 0 Å². The Hall–Kier alpha value is -1.96. The molecule has 7 heteroatoms. The van der Waals surface area contributed by atoms with E-state index < -0.39 is 24.1 Å². The van der Waals surface area contributed by atoms with E-state index in [9.17, 15) is 19.8 Å². The average Bonchev–Trinajstić information content (AvgIpc) is 2.37. The molecule has 0 fully saturated rings. The molecule has 19 heavy (non-hydrogen) atoms. The number of aromatic carboxylic acids is 2. The summed E-state index contributed by atoms with van der Waals surface area (Å²) in [5.41, 5.74) is -0.529. The molecule has 0 aromatic heterocycles. The van der Waals surface area contributed by atoms with Crippen molar-refractivity contribution >= 4 is 11.9 Å². The van der Waals surface area contributed by atoms with Gasteiger partial charge in [0.25, 0.3) is 0 Å². The summed E-state index contributed by atoms with van der Waals surface area (Å²) in [5.74, 6) is -2.55. The minimum Gasteiger partial charge on any atom is -0.478 e. The van der Waals surface area contributed by atoms with E-state index in [4.69, 9.17) is 10.2 Å². The summed E-state index contributed by atoms with van der Waals surface area (Å²) in [4.78, 5) is 21.9. The fourth-order valence-electron chi connectivity index (χ4n) is 1.66. The van der Waals surface area contributed by atoms with Crippen molar-refractivity contribution in [2.75, 3.05) is 13.6 Å². The third-order valence-electron chi connectivity index (χ3n) is 2.63. The molecule has 0 heterocycles. The molecule has 0 bridgehead atoms. The van der Waals surface area contributed by atoms with Crippen LogP contribution < -0.4 is 5.32 Å². The van der Waals surface area contributed by atoms with Gasteiger partial charge in [-0.2, -0.15) is 0 Å². The van der Waals surface area contributed by atoms with Crippen LogP contribution in [0.15, 0.2) is 18.2 Å². The van der Waals surface area contributed by atoms with Gasteiger partial charge < -0.3 is 25.7 Å². The first-order chi connectivity index (χ1) is 8.88. The number of benzene rings is 1. The molecule has 0 saturated heterocycles. The molecule has 2 atom stereocenters. The maximum absolute atomic E-state index is 11.0. The van der Waals surface area contributed by atoms with E-state index in [1.54, 1.807) is 7.05 Å². The molecule has 1 rings (SSSR count). The van der Waals surface area contributed by atoms with E-state index in [1.807, 2.05) is 0 Å². The van der Waals surface area contributed by atoms with Gasteiger partial charge in [0.05, 0.1) is 17.2 Å². The number of hydrogen-bond donors (Lipinski definition) is 5. The molecule has 5 N–H and O–H groups in total. The lowest BCUT2D eigenvalue weighted by atomic mass is 9.96. The molecule has 0 aliphatic heterocycles. The van der Waals surface area contributed by atoms with Gasteiger partial charge in [-0.3, -0.25) is 0 Å². The van der Waals surface area contributed by atoms with Crippen LogP contribution in [0, 0.1) is 0 Å². The van der Waals surface area contributed by atoms with Gasteiger partial charge in [0.1, 0.15) is 6.10 Å². The monoisotopic (exact) mass is 269 g/mol. The van der Waals surface area contributed by atoms with Crippen LogP contribution >= 0.6 is 0 Å². The first kappa shape index (κ1) is 15.1. The van der Waals surface area contributed by atoms with Gasteiger partial charge in [-0.25, -0.2) is 9.59 Å². The molecule has 1 aromatic carbocycles. The molecule has 0 saturated carbocycles. The number of carboxylic acid groups (broad SMARTS) is 2. The second kappa shape index (κ2) is 6.28. The molecule has 0 spiro atoms. The zero-order chi connectivity index (χ0) is 14.6. The SMILES string of the molecule is CNCC(O)C(O)c1cc(C(=O)O)ccc1C(=O)O. The molecule has 0 radical (unpaired) electrons. The number of hydrogen-bond acceptors (Lipinski definition) is 5. The largest absolute Gasteiger partial charge is 0.478 e. The molecule has 1 aromatic rings. The third-order valence-corrected chi connectivity index (χ3v) is 2.63. The summed E-state index contributed by atoms with van der Waals surface area (Å²) in [5, 5.41) is 40.1. The van der Waals surface area contributed by atoms with Crippen molar-refractivity contribution < 1.29 is 30.0 Å². The van der Waals surface area contributed by atoms with Crippen LogP contribution in [0.5, 0.6) is 0 Å². The van der Waals surface area contributed by atoms with Gasteiger partial charge in [0, 0.05) is 6.54 Å². The Bertz CT molecular complexity index is 487. The van der Waals surface area contributed by atoms with Crippen molar-refractivity contribution in [3.05, 3.63) is 34.9 Å². The fourth-order valence-corrected chi connectivity index (χ4v) is 1.66. The minimum absolute atomic E-state index is 0.0392. The summed E-state index contributed by atoms with van der Waals surface area (Å²) in [6, 6.07) is 3.28. The van der Waals surface area contributed by atoms with Crippen LogP contribution in [0.3, 0.4) is 0 Å². The highest BCUT2D eigenvalue weighted by Crippen LogP contribution is 2.23. The van der Waals surface area contributed by atoms with Gasteiger partial charge in [0.2, 0.25) is 0 Å². The number of aliphatic hydroxyl groups is 2. The van der Waals surface area contributed by atoms with E-state index in [-0.39, 0.29) is 23.2 Å². The zero-order valence-corrected chi connectivity index (χ0v) is 10.2. The maximum Gasteiger partial charge on any atom is 0.336 e. The van der Waals surface area contributed by atoms with Crippen molar-refractivity contribution in [1.29, 1.82) is 0 Å². The summed E-state index contributed by atoms with van der Waals surface area (Å²) in [6.45, 7) is 0.0392. The Morgan fingerprint density at radius 1 is 1.21 bits per heavy atom. The summed E-state index contributed by atoms with van der Waals surface area (Å²) < 4.78 is 0. The molecule has 0 amide bonds. The molecular weight excluding hydrogens is 254 g/mol. The zero-order valence-electron chi connectivity index (χ0n) is 10.2. The van der Waals surface area contributed by atoms with E-state index in [0.717, 1.165) is 18.2 Å². The maximum atomic E-state index is 11.0. The summed E-state index contributed by atoms with van der Waals surface area (Å²) in [6.07, 6.45) is -2.73.